The van der Waals surface area contributed by atoms with Crippen LogP contribution in [0.3, 0.4) is 0 Å². The number of amides is 1. The van der Waals surface area contributed by atoms with Gasteiger partial charge in [-0.25, -0.2) is 0 Å². The third-order valence-corrected chi connectivity index (χ3v) is 3.05. The Hall–Kier alpha value is -0.830. The molecule has 0 saturated heterocycles. The molecule has 0 bridgehead atoms. The standard InChI is InChI=1S/C13H18BrNO/c1-9-4-5-12(8-10(9)2)13(16)15-7-6-11(3)14/h4-5,8,11H,6-7H2,1-3H3,(H,15,16). The van der Waals surface area contributed by atoms with Crippen molar-refractivity contribution >= 4 is 21.8 Å². The minimum Gasteiger partial charge on any atom is -0.352 e. The average molecular weight is 284 g/mol. The number of alkyl halides is 1. The van der Waals surface area contributed by atoms with E-state index in [2.05, 4.69) is 28.2 Å². The summed E-state index contributed by atoms with van der Waals surface area (Å²) >= 11 is 3.45. The van der Waals surface area contributed by atoms with Gasteiger partial charge < -0.3 is 5.32 Å². The highest BCUT2D eigenvalue weighted by Crippen LogP contribution is 2.09. The van der Waals surface area contributed by atoms with Crippen LogP contribution in [0.2, 0.25) is 0 Å². The monoisotopic (exact) mass is 283 g/mol. The van der Waals surface area contributed by atoms with Gasteiger partial charge in [0.1, 0.15) is 0 Å². The van der Waals surface area contributed by atoms with Crippen molar-refractivity contribution in [1.29, 1.82) is 0 Å². The van der Waals surface area contributed by atoms with Crippen molar-refractivity contribution in [1.82, 2.24) is 5.32 Å². The average Bonchev–Trinajstić information content (AvgIpc) is 2.21. The summed E-state index contributed by atoms with van der Waals surface area (Å²) in [4.78, 5) is 12.2. The predicted molar refractivity (Wildman–Crippen MR) is 71.3 cm³/mol. The number of hydrogen-bond acceptors (Lipinski definition) is 1. The van der Waals surface area contributed by atoms with Crippen molar-refractivity contribution in [3.05, 3.63) is 34.9 Å². The quantitative estimate of drug-likeness (QED) is 0.845. The van der Waals surface area contributed by atoms with Crippen molar-refractivity contribution in [2.45, 2.75) is 32.0 Å². The number of carbonyl (C=O) groups excluding carboxylic acids is 1. The Morgan fingerprint density at radius 3 is 2.62 bits per heavy atom. The van der Waals surface area contributed by atoms with E-state index in [0.29, 0.717) is 11.4 Å². The second-order valence-electron chi connectivity index (χ2n) is 4.12. The lowest BCUT2D eigenvalue weighted by Crippen LogP contribution is -2.25. The molecule has 1 amide bonds. The van der Waals surface area contributed by atoms with Crippen molar-refractivity contribution in [2.75, 3.05) is 6.54 Å². The van der Waals surface area contributed by atoms with Crippen LogP contribution in [0.1, 0.15) is 34.8 Å². The second kappa shape index (κ2) is 6.04. The van der Waals surface area contributed by atoms with Gasteiger partial charge in [-0.2, -0.15) is 0 Å². The van der Waals surface area contributed by atoms with Gasteiger partial charge in [-0.15, -0.1) is 0 Å². The fourth-order valence-electron chi connectivity index (χ4n) is 1.37. The largest absolute Gasteiger partial charge is 0.352 e. The van der Waals surface area contributed by atoms with E-state index >= 15 is 0 Å². The van der Waals surface area contributed by atoms with Crippen LogP contribution in [0, 0.1) is 13.8 Å². The summed E-state index contributed by atoms with van der Waals surface area (Å²) < 4.78 is 0. The molecule has 0 radical (unpaired) electrons. The van der Waals surface area contributed by atoms with E-state index in [-0.39, 0.29) is 5.91 Å². The summed E-state index contributed by atoms with van der Waals surface area (Å²) in [6.07, 6.45) is 0.941. The van der Waals surface area contributed by atoms with Crippen LogP contribution in [0.5, 0.6) is 0 Å². The molecule has 3 heteroatoms. The molecule has 0 aliphatic heterocycles. The summed E-state index contributed by atoms with van der Waals surface area (Å²) in [6, 6.07) is 5.79. The summed E-state index contributed by atoms with van der Waals surface area (Å²) in [7, 11) is 0. The molecule has 88 valence electrons. The Morgan fingerprint density at radius 2 is 2.06 bits per heavy atom. The van der Waals surface area contributed by atoms with Gasteiger partial charge in [-0.1, -0.05) is 28.9 Å². The Balaban J connectivity index is 2.56. The molecule has 0 aliphatic carbocycles. The number of hydrogen-bond donors (Lipinski definition) is 1. The van der Waals surface area contributed by atoms with Crippen molar-refractivity contribution < 1.29 is 4.79 Å². The first kappa shape index (κ1) is 13.2. The first-order chi connectivity index (χ1) is 7.50. The highest BCUT2D eigenvalue weighted by atomic mass is 79.9. The summed E-state index contributed by atoms with van der Waals surface area (Å²) in [5.74, 6) is 0.0104. The number of halogens is 1. The molecule has 0 heterocycles. The van der Waals surface area contributed by atoms with Crippen LogP contribution in [0.25, 0.3) is 0 Å². The predicted octanol–water partition coefficient (Wildman–Crippen LogP) is 3.21. The lowest BCUT2D eigenvalue weighted by Gasteiger charge is -2.08. The van der Waals surface area contributed by atoms with Crippen molar-refractivity contribution in [3.8, 4) is 0 Å². The van der Waals surface area contributed by atoms with Gasteiger partial charge >= 0.3 is 0 Å². The minimum absolute atomic E-state index is 0.0104. The third-order valence-electron chi connectivity index (χ3n) is 2.60. The Bertz CT molecular complexity index is 374. The van der Waals surface area contributed by atoms with E-state index in [1.807, 2.05) is 32.0 Å². The van der Waals surface area contributed by atoms with Gasteiger partial charge in [0.2, 0.25) is 0 Å². The molecule has 16 heavy (non-hydrogen) atoms. The molecule has 0 aromatic heterocycles. The van der Waals surface area contributed by atoms with Crippen molar-refractivity contribution in [3.63, 3.8) is 0 Å². The van der Waals surface area contributed by atoms with Gasteiger partial charge in [-0.3, -0.25) is 4.79 Å². The van der Waals surface area contributed by atoms with Crippen LogP contribution in [0.15, 0.2) is 18.2 Å². The van der Waals surface area contributed by atoms with Crippen LogP contribution in [0.4, 0.5) is 0 Å². The molecular weight excluding hydrogens is 266 g/mol. The molecule has 1 unspecified atom stereocenters. The zero-order valence-electron chi connectivity index (χ0n) is 10.0. The molecule has 2 nitrogen and oxygen atoms in total. The number of nitrogens with one attached hydrogen (secondary N) is 1. The molecule has 1 atom stereocenters. The van der Waals surface area contributed by atoms with E-state index in [0.717, 1.165) is 17.5 Å². The van der Waals surface area contributed by atoms with Gasteiger partial charge in [0.05, 0.1) is 0 Å². The number of carbonyl (C=O) groups is 1. The number of aryl methyl sites for hydroxylation is 2. The van der Waals surface area contributed by atoms with Gasteiger partial charge in [-0.05, 0) is 43.5 Å². The smallest absolute Gasteiger partial charge is 0.251 e. The Labute approximate surface area is 106 Å². The van der Waals surface area contributed by atoms with Gasteiger partial charge in [0.15, 0.2) is 0 Å². The SMILES string of the molecule is Cc1ccc(C(=O)NCCC(C)Br)cc1C. The first-order valence-electron chi connectivity index (χ1n) is 5.50. The number of rotatable bonds is 4. The normalized spacial score (nSPS) is 12.2. The molecular formula is C13H18BrNO. The first-order valence-corrected chi connectivity index (χ1v) is 6.42. The van der Waals surface area contributed by atoms with E-state index in [1.54, 1.807) is 0 Å². The van der Waals surface area contributed by atoms with E-state index in [4.69, 9.17) is 0 Å². The van der Waals surface area contributed by atoms with Crippen LogP contribution in [-0.4, -0.2) is 17.3 Å². The highest BCUT2D eigenvalue weighted by Gasteiger charge is 2.06. The van der Waals surface area contributed by atoms with Crippen LogP contribution >= 0.6 is 15.9 Å². The zero-order chi connectivity index (χ0) is 12.1. The van der Waals surface area contributed by atoms with Gasteiger partial charge in [0, 0.05) is 16.9 Å². The maximum Gasteiger partial charge on any atom is 0.251 e. The highest BCUT2D eigenvalue weighted by molar-refractivity contribution is 9.09. The number of benzene rings is 1. The van der Waals surface area contributed by atoms with E-state index in [9.17, 15) is 4.79 Å². The van der Waals surface area contributed by atoms with E-state index in [1.165, 1.54) is 5.56 Å². The molecule has 1 aromatic rings. The summed E-state index contributed by atoms with van der Waals surface area (Å²) in [6.45, 7) is 6.84. The molecule has 0 spiro atoms. The molecule has 0 fully saturated rings. The Kier molecular flexibility index (Phi) is 5.00. The topological polar surface area (TPSA) is 29.1 Å². The fourth-order valence-corrected chi connectivity index (χ4v) is 1.60. The fraction of sp³-hybridized carbons (Fsp3) is 0.462. The zero-order valence-corrected chi connectivity index (χ0v) is 11.6. The molecule has 1 rings (SSSR count). The summed E-state index contributed by atoms with van der Waals surface area (Å²) in [5, 5.41) is 2.91. The molecule has 0 aliphatic rings. The lowest BCUT2D eigenvalue weighted by atomic mass is 10.1. The third kappa shape index (κ3) is 3.97. The molecule has 1 N–H and O–H groups in total. The maximum atomic E-state index is 11.8. The van der Waals surface area contributed by atoms with Crippen LogP contribution < -0.4 is 5.32 Å². The van der Waals surface area contributed by atoms with Crippen LogP contribution in [-0.2, 0) is 0 Å². The molecule has 0 saturated carbocycles. The van der Waals surface area contributed by atoms with Crippen molar-refractivity contribution in [2.24, 2.45) is 0 Å². The maximum absolute atomic E-state index is 11.8. The van der Waals surface area contributed by atoms with E-state index < -0.39 is 0 Å². The van der Waals surface area contributed by atoms with Gasteiger partial charge in [0.25, 0.3) is 5.91 Å². The second-order valence-corrected chi connectivity index (χ2v) is 5.69. The minimum atomic E-state index is 0.0104. The molecule has 1 aromatic carbocycles. The lowest BCUT2D eigenvalue weighted by molar-refractivity contribution is 0.0953. The Morgan fingerprint density at radius 1 is 1.38 bits per heavy atom. The summed E-state index contributed by atoms with van der Waals surface area (Å²) in [5.41, 5.74) is 3.11.